The third-order valence-electron chi connectivity index (χ3n) is 3.19. The molecule has 0 amide bonds. The van der Waals surface area contributed by atoms with Crippen LogP contribution in [0.4, 0.5) is 13.2 Å². The SMILES string of the molecule is CC(C)CC(NC(C)c1ccc(C(F)(F)F)cc1)C(=O)O. The molecule has 0 saturated carbocycles. The Labute approximate surface area is 122 Å². The average Bonchev–Trinajstić information content (AvgIpc) is 2.36. The first-order chi connectivity index (χ1) is 9.61. The second kappa shape index (κ2) is 6.93. The molecule has 0 fully saturated rings. The zero-order valence-electron chi connectivity index (χ0n) is 12.2. The van der Waals surface area contributed by atoms with Crippen LogP contribution in [0.2, 0.25) is 0 Å². The molecule has 1 aromatic carbocycles. The van der Waals surface area contributed by atoms with Gasteiger partial charge in [-0.1, -0.05) is 26.0 Å². The molecule has 2 atom stereocenters. The van der Waals surface area contributed by atoms with E-state index < -0.39 is 23.8 Å². The highest BCUT2D eigenvalue weighted by Crippen LogP contribution is 2.30. The van der Waals surface area contributed by atoms with Gasteiger partial charge >= 0.3 is 12.1 Å². The minimum atomic E-state index is -4.36. The highest BCUT2D eigenvalue weighted by atomic mass is 19.4. The second-order valence-electron chi connectivity index (χ2n) is 5.53. The van der Waals surface area contributed by atoms with Gasteiger partial charge in [0.25, 0.3) is 0 Å². The van der Waals surface area contributed by atoms with Crippen LogP contribution >= 0.6 is 0 Å². The smallest absolute Gasteiger partial charge is 0.416 e. The molecular weight excluding hydrogens is 283 g/mol. The summed E-state index contributed by atoms with van der Waals surface area (Å²) in [6.45, 7) is 5.57. The molecule has 0 aliphatic carbocycles. The number of hydrogen-bond donors (Lipinski definition) is 2. The molecule has 3 nitrogen and oxygen atoms in total. The summed E-state index contributed by atoms with van der Waals surface area (Å²) in [4.78, 5) is 11.2. The number of nitrogens with one attached hydrogen (secondary N) is 1. The van der Waals surface area contributed by atoms with E-state index in [0.29, 0.717) is 12.0 Å². The Morgan fingerprint density at radius 2 is 1.71 bits per heavy atom. The van der Waals surface area contributed by atoms with E-state index in [4.69, 9.17) is 5.11 Å². The Hall–Kier alpha value is -1.56. The van der Waals surface area contributed by atoms with E-state index in [2.05, 4.69) is 5.32 Å². The summed E-state index contributed by atoms with van der Waals surface area (Å²) in [6, 6.07) is 3.69. The third-order valence-corrected chi connectivity index (χ3v) is 3.19. The molecule has 0 radical (unpaired) electrons. The molecule has 2 unspecified atom stereocenters. The summed E-state index contributed by atoms with van der Waals surface area (Å²) >= 11 is 0. The van der Waals surface area contributed by atoms with Crippen LogP contribution < -0.4 is 5.32 Å². The lowest BCUT2D eigenvalue weighted by Crippen LogP contribution is -2.39. The lowest BCUT2D eigenvalue weighted by atomic mass is 10.0. The number of halogens is 3. The molecule has 1 rings (SSSR count). The predicted molar refractivity (Wildman–Crippen MR) is 73.9 cm³/mol. The maximum absolute atomic E-state index is 12.5. The summed E-state index contributed by atoms with van der Waals surface area (Å²) < 4.78 is 37.5. The van der Waals surface area contributed by atoms with Crippen molar-refractivity contribution in [3.05, 3.63) is 35.4 Å². The van der Waals surface area contributed by atoms with E-state index in [1.807, 2.05) is 13.8 Å². The molecular formula is C15H20F3NO2. The quantitative estimate of drug-likeness (QED) is 0.839. The van der Waals surface area contributed by atoms with Gasteiger partial charge < -0.3 is 5.11 Å². The number of aliphatic carboxylic acids is 1. The van der Waals surface area contributed by atoms with E-state index in [-0.39, 0.29) is 12.0 Å². The number of hydrogen-bond acceptors (Lipinski definition) is 2. The Morgan fingerprint density at radius 1 is 1.19 bits per heavy atom. The summed E-state index contributed by atoms with van der Waals surface area (Å²) in [7, 11) is 0. The molecule has 0 heterocycles. The summed E-state index contributed by atoms with van der Waals surface area (Å²) in [5.74, 6) is -0.749. The number of benzene rings is 1. The van der Waals surface area contributed by atoms with Crippen LogP contribution in [0, 0.1) is 5.92 Å². The largest absolute Gasteiger partial charge is 0.480 e. The molecule has 0 spiro atoms. The third kappa shape index (κ3) is 5.38. The number of rotatable bonds is 6. The first kappa shape index (κ1) is 17.5. The van der Waals surface area contributed by atoms with Gasteiger partial charge in [0.2, 0.25) is 0 Å². The molecule has 0 aliphatic rings. The number of carboxylic acids is 1. The Balaban J connectivity index is 2.78. The molecule has 21 heavy (non-hydrogen) atoms. The highest BCUT2D eigenvalue weighted by Gasteiger charge is 2.30. The van der Waals surface area contributed by atoms with Gasteiger partial charge in [-0.25, -0.2) is 0 Å². The van der Waals surface area contributed by atoms with Crippen LogP contribution in [0.1, 0.15) is 44.4 Å². The van der Waals surface area contributed by atoms with Crippen LogP contribution in [0.25, 0.3) is 0 Å². The van der Waals surface area contributed by atoms with E-state index in [1.165, 1.54) is 12.1 Å². The van der Waals surface area contributed by atoms with Gasteiger partial charge in [-0.05, 0) is 37.0 Å². The van der Waals surface area contributed by atoms with Crippen LogP contribution in [0.3, 0.4) is 0 Å². The highest BCUT2D eigenvalue weighted by molar-refractivity contribution is 5.73. The summed E-state index contributed by atoms with van der Waals surface area (Å²) in [5, 5.41) is 12.1. The van der Waals surface area contributed by atoms with Crippen molar-refractivity contribution in [2.24, 2.45) is 5.92 Å². The van der Waals surface area contributed by atoms with Crippen molar-refractivity contribution >= 4 is 5.97 Å². The van der Waals surface area contributed by atoms with Crippen molar-refractivity contribution in [1.82, 2.24) is 5.32 Å². The van der Waals surface area contributed by atoms with E-state index >= 15 is 0 Å². The Morgan fingerprint density at radius 3 is 2.10 bits per heavy atom. The van der Waals surface area contributed by atoms with E-state index in [9.17, 15) is 18.0 Å². The predicted octanol–water partition coefficient (Wildman–Crippen LogP) is 3.86. The zero-order chi connectivity index (χ0) is 16.2. The number of carbonyl (C=O) groups is 1. The lowest BCUT2D eigenvalue weighted by molar-refractivity contribution is -0.140. The topological polar surface area (TPSA) is 49.3 Å². The van der Waals surface area contributed by atoms with Crippen LogP contribution in [0.5, 0.6) is 0 Å². The molecule has 0 aromatic heterocycles. The molecule has 1 aromatic rings. The van der Waals surface area contributed by atoms with Crippen molar-refractivity contribution in [2.45, 2.75) is 45.5 Å². The number of alkyl halides is 3. The molecule has 0 aliphatic heterocycles. The maximum atomic E-state index is 12.5. The van der Waals surface area contributed by atoms with Gasteiger partial charge in [-0.2, -0.15) is 13.2 Å². The van der Waals surface area contributed by atoms with E-state index in [1.54, 1.807) is 6.92 Å². The van der Waals surface area contributed by atoms with Gasteiger partial charge in [-0.3, -0.25) is 10.1 Å². The Bertz CT molecular complexity index is 469. The monoisotopic (exact) mass is 303 g/mol. The first-order valence-electron chi connectivity index (χ1n) is 6.77. The molecule has 118 valence electrons. The average molecular weight is 303 g/mol. The zero-order valence-corrected chi connectivity index (χ0v) is 12.2. The Kier molecular flexibility index (Phi) is 5.78. The van der Waals surface area contributed by atoms with Crippen LogP contribution in [-0.4, -0.2) is 17.1 Å². The molecule has 6 heteroatoms. The maximum Gasteiger partial charge on any atom is 0.416 e. The van der Waals surface area contributed by atoms with Gasteiger partial charge in [0.05, 0.1) is 5.56 Å². The lowest BCUT2D eigenvalue weighted by Gasteiger charge is -2.22. The fourth-order valence-electron chi connectivity index (χ4n) is 2.07. The fraction of sp³-hybridized carbons (Fsp3) is 0.533. The first-order valence-corrected chi connectivity index (χ1v) is 6.77. The molecule has 0 saturated heterocycles. The van der Waals surface area contributed by atoms with Gasteiger partial charge in [0, 0.05) is 6.04 Å². The van der Waals surface area contributed by atoms with Gasteiger partial charge in [0.15, 0.2) is 0 Å². The minimum absolute atomic E-state index is 0.207. The van der Waals surface area contributed by atoms with Crippen molar-refractivity contribution in [3.63, 3.8) is 0 Å². The fourth-order valence-corrected chi connectivity index (χ4v) is 2.07. The van der Waals surface area contributed by atoms with Gasteiger partial charge in [0.1, 0.15) is 6.04 Å². The standard InChI is InChI=1S/C15H20F3NO2/c1-9(2)8-13(14(20)21)19-10(3)11-4-6-12(7-5-11)15(16,17)18/h4-7,9-10,13,19H,8H2,1-3H3,(H,20,21). The van der Waals surface area contributed by atoms with E-state index in [0.717, 1.165) is 12.1 Å². The van der Waals surface area contributed by atoms with Gasteiger partial charge in [-0.15, -0.1) is 0 Å². The van der Waals surface area contributed by atoms with Crippen LogP contribution in [0.15, 0.2) is 24.3 Å². The normalized spacial score (nSPS) is 15.0. The summed E-state index contributed by atoms with van der Waals surface area (Å²) in [5.41, 5.74) is -0.0894. The minimum Gasteiger partial charge on any atom is -0.480 e. The van der Waals surface area contributed by atoms with Crippen LogP contribution in [-0.2, 0) is 11.0 Å². The van der Waals surface area contributed by atoms with Crippen molar-refractivity contribution < 1.29 is 23.1 Å². The summed E-state index contributed by atoms with van der Waals surface area (Å²) in [6.07, 6.45) is -3.91. The van der Waals surface area contributed by atoms with Crippen molar-refractivity contribution in [1.29, 1.82) is 0 Å². The van der Waals surface area contributed by atoms with Crippen molar-refractivity contribution in [2.75, 3.05) is 0 Å². The number of carboxylic acid groups (broad SMARTS) is 1. The second-order valence-corrected chi connectivity index (χ2v) is 5.53. The molecule has 0 bridgehead atoms. The van der Waals surface area contributed by atoms with Crippen molar-refractivity contribution in [3.8, 4) is 0 Å². The molecule has 2 N–H and O–H groups in total.